The second-order valence-electron chi connectivity index (χ2n) is 12.6. The van der Waals surface area contributed by atoms with E-state index >= 15 is 0 Å². The molecule has 8 rings (SSSR count). The summed E-state index contributed by atoms with van der Waals surface area (Å²) in [6.07, 6.45) is 8.27. The number of halogens is 1. The molecule has 4 bridgehead atoms. The number of aryl methyl sites for hydroxylation is 2. The van der Waals surface area contributed by atoms with E-state index in [2.05, 4.69) is 138 Å². The van der Waals surface area contributed by atoms with Crippen LogP contribution >= 0.6 is 22.6 Å². The third-order valence-electron chi connectivity index (χ3n) is 9.84. The normalized spacial score (nSPS) is 27.4. The van der Waals surface area contributed by atoms with Crippen molar-refractivity contribution in [3.8, 4) is 0 Å². The monoisotopic (exact) mass is 609 g/mol. The standard InChI is InChI=1S/C36H36IN/c1-25-3-13-32(14-4-25)38(33-15-5-26(2)6-16-33)34-17-9-30(10-18-34)36-22-27-19-28(23-36)21-35(20-27,24-36)29-7-11-31(37)12-8-29/h3-18,27-28H,19-24H2,1-2H3. The van der Waals surface area contributed by atoms with Crippen LogP contribution in [0.2, 0.25) is 0 Å². The van der Waals surface area contributed by atoms with E-state index in [1.165, 1.54) is 70.3 Å². The Hall–Kier alpha value is -2.59. The van der Waals surface area contributed by atoms with Crippen LogP contribution in [0.3, 0.4) is 0 Å². The lowest BCUT2D eigenvalue weighted by molar-refractivity contribution is -0.0281. The summed E-state index contributed by atoms with van der Waals surface area (Å²) in [7, 11) is 0. The van der Waals surface area contributed by atoms with Gasteiger partial charge in [-0.05, 0) is 157 Å². The molecule has 0 aromatic heterocycles. The molecule has 4 aliphatic rings. The maximum absolute atomic E-state index is 2.47. The van der Waals surface area contributed by atoms with Gasteiger partial charge in [0.2, 0.25) is 0 Å². The average Bonchev–Trinajstić information content (AvgIpc) is 2.91. The molecule has 4 aromatic carbocycles. The van der Waals surface area contributed by atoms with Crippen LogP contribution in [0.25, 0.3) is 0 Å². The second-order valence-corrected chi connectivity index (χ2v) is 13.8. The summed E-state index contributed by atoms with van der Waals surface area (Å²) < 4.78 is 1.34. The number of hydrogen-bond donors (Lipinski definition) is 0. The molecule has 0 radical (unpaired) electrons. The average molecular weight is 610 g/mol. The lowest BCUT2D eigenvalue weighted by Crippen LogP contribution is -2.55. The van der Waals surface area contributed by atoms with Gasteiger partial charge in [0.1, 0.15) is 0 Å². The minimum atomic E-state index is 0.324. The first kappa shape index (κ1) is 24.5. The first-order chi connectivity index (χ1) is 18.4. The minimum Gasteiger partial charge on any atom is -0.311 e. The van der Waals surface area contributed by atoms with Crippen molar-refractivity contribution < 1.29 is 0 Å². The van der Waals surface area contributed by atoms with E-state index in [4.69, 9.17) is 0 Å². The second kappa shape index (κ2) is 9.26. The summed E-state index contributed by atoms with van der Waals surface area (Å²) in [5.41, 5.74) is 10.1. The molecule has 2 heteroatoms. The molecular formula is C36H36IN. The molecule has 1 nitrogen and oxygen atoms in total. The molecule has 4 aromatic rings. The van der Waals surface area contributed by atoms with Gasteiger partial charge in [-0.1, -0.05) is 59.7 Å². The maximum Gasteiger partial charge on any atom is 0.0461 e. The number of benzene rings is 4. The number of anilines is 3. The third-order valence-corrected chi connectivity index (χ3v) is 10.6. The first-order valence-electron chi connectivity index (χ1n) is 14.2. The summed E-state index contributed by atoms with van der Waals surface area (Å²) in [5, 5.41) is 0. The molecule has 2 unspecified atom stereocenters. The smallest absolute Gasteiger partial charge is 0.0461 e. The zero-order chi connectivity index (χ0) is 25.9. The Morgan fingerprint density at radius 1 is 0.553 bits per heavy atom. The van der Waals surface area contributed by atoms with Crippen LogP contribution in [-0.2, 0) is 10.8 Å². The SMILES string of the molecule is Cc1ccc(N(c2ccc(C)cc2)c2ccc(C34CC5CC(CC(c6ccc(I)cc6)(C5)C3)C4)cc2)cc1. The Balaban J connectivity index is 1.25. The molecule has 0 N–H and O–H groups in total. The lowest BCUT2D eigenvalue weighted by atomic mass is 9.42. The van der Waals surface area contributed by atoms with Crippen LogP contribution in [0, 0.1) is 29.3 Å². The van der Waals surface area contributed by atoms with Crippen LogP contribution in [0.15, 0.2) is 97.1 Å². The molecule has 4 fully saturated rings. The Bertz CT molecular complexity index is 1370. The highest BCUT2D eigenvalue weighted by Crippen LogP contribution is 2.66. The number of rotatable bonds is 5. The number of hydrogen-bond acceptors (Lipinski definition) is 1. The quantitative estimate of drug-likeness (QED) is 0.204. The van der Waals surface area contributed by atoms with Gasteiger partial charge in [-0.15, -0.1) is 0 Å². The van der Waals surface area contributed by atoms with Gasteiger partial charge in [-0.2, -0.15) is 0 Å². The van der Waals surface area contributed by atoms with Gasteiger partial charge < -0.3 is 4.90 Å². The predicted molar refractivity (Wildman–Crippen MR) is 168 cm³/mol. The van der Waals surface area contributed by atoms with Gasteiger partial charge in [0.25, 0.3) is 0 Å². The van der Waals surface area contributed by atoms with Gasteiger partial charge in [-0.25, -0.2) is 0 Å². The predicted octanol–water partition coefficient (Wildman–Crippen LogP) is 10.2. The molecule has 4 saturated carbocycles. The van der Waals surface area contributed by atoms with Gasteiger partial charge in [0.05, 0.1) is 0 Å². The molecule has 0 amide bonds. The fourth-order valence-corrected chi connectivity index (χ4v) is 8.90. The Morgan fingerprint density at radius 3 is 1.34 bits per heavy atom. The van der Waals surface area contributed by atoms with E-state index in [1.54, 1.807) is 11.1 Å². The van der Waals surface area contributed by atoms with Crippen LogP contribution in [-0.4, -0.2) is 0 Å². The summed E-state index contributed by atoms with van der Waals surface area (Å²) in [6, 6.07) is 37.0. The van der Waals surface area contributed by atoms with Crippen molar-refractivity contribution in [1.29, 1.82) is 0 Å². The summed E-state index contributed by atoms with van der Waals surface area (Å²) in [4.78, 5) is 2.40. The topological polar surface area (TPSA) is 3.24 Å². The maximum atomic E-state index is 2.47. The Kier molecular flexibility index (Phi) is 5.96. The van der Waals surface area contributed by atoms with Crippen LogP contribution in [0.1, 0.15) is 60.8 Å². The molecule has 0 spiro atoms. The van der Waals surface area contributed by atoms with Crippen LogP contribution in [0.4, 0.5) is 17.1 Å². The third kappa shape index (κ3) is 4.20. The van der Waals surface area contributed by atoms with Gasteiger partial charge in [0.15, 0.2) is 0 Å². The molecule has 0 aliphatic heterocycles. The minimum absolute atomic E-state index is 0.324. The molecule has 0 heterocycles. The van der Waals surface area contributed by atoms with Crippen molar-refractivity contribution in [2.24, 2.45) is 11.8 Å². The van der Waals surface area contributed by atoms with E-state index < -0.39 is 0 Å². The van der Waals surface area contributed by atoms with Crippen molar-refractivity contribution in [1.82, 2.24) is 0 Å². The van der Waals surface area contributed by atoms with E-state index in [9.17, 15) is 0 Å². The van der Waals surface area contributed by atoms with Crippen molar-refractivity contribution in [3.05, 3.63) is 123 Å². The van der Waals surface area contributed by atoms with E-state index in [-0.39, 0.29) is 0 Å². The van der Waals surface area contributed by atoms with E-state index in [0.29, 0.717) is 10.8 Å². The fourth-order valence-electron chi connectivity index (χ4n) is 8.54. The summed E-state index contributed by atoms with van der Waals surface area (Å²) in [6.45, 7) is 4.31. The zero-order valence-corrected chi connectivity index (χ0v) is 24.6. The van der Waals surface area contributed by atoms with Gasteiger partial charge in [0, 0.05) is 20.6 Å². The fraction of sp³-hybridized carbons (Fsp3) is 0.333. The summed E-state index contributed by atoms with van der Waals surface area (Å²) >= 11 is 2.44. The van der Waals surface area contributed by atoms with Gasteiger partial charge in [-0.3, -0.25) is 0 Å². The lowest BCUT2D eigenvalue weighted by Gasteiger charge is -2.63. The van der Waals surface area contributed by atoms with Crippen molar-refractivity contribution >= 4 is 39.7 Å². The van der Waals surface area contributed by atoms with E-state index in [1.807, 2.05) is 0 Å². The van der Waals surface area contributed by atoms with E-state index in [0.717, 1.165) is 11.8 Å². The Labute approximate surface area is 241 Å². The summed E-state index contributed by atoms with van der Waals surface area (Å²) in [5.74, 6) is 1.73. The van der Waals surface area contributed by atoms with Gasteiger partial charge >= 0.3 is 0 Å². The molecule has 2 atom stereocenters. The highest BCUT2D eigenvalue weighted by atomic mass is 127. The van der Waals surface area contributed by atoms with Crippen molar-refractivity contribution in [2.45, 2.75) is 63.2 Å². The largest absolute Gasteiger partial charge is 0.311 e. The first-order valence-corrected chi connectivity index (χ1v) is 15.3. The number of nitrogens with zero attached hydrogens (tertiary/aromatic N) is 1. The molecule has 4 aliphatic carbocycles. The Morgan fingerprint density at radius 2 is 0.921 bits per heavy atom. The van der Waals surface area contributed by atoms with Crippen LogP contribution in [0.5, 0.6) is 0 Å². The molecule has 38 heavy (non-hydrogen) atoms. The molecule has 192 valence electrons. The van der Waals surface area contributed by atoms with Crippen LogP contribution < -0.4 is 4.90 Å². The molecular weight excluding hydrogens is 573 g/mol. The highest BCUT2D eigenvalue weighted by Gasteiger charge is 2.58. The molecule has 0 saturated heterocycles. The zero-order valence-electron chi connectivity index (χ0n) is 22.5. The highest BCUT2D eigenvalue weighted by molar-refractivity contribution is 14.1. The van der Waals surface area contributed by atoms with Crippen molar-refractivity contribution in [3.63, 3.8) is 0 Å². The van der Waals surface area contributed by atoms with Crippen molar-refractivity contribution in [2.75, 3.05) is 4.90 Å².